The smallest absolute Gasteiger partial charge is 0.870 e. The Morgan fingerprint density at radius 2 is 0.952 bits per heavy atom. The Labute approximate surface area is 590 Å². The second-order valence-electron chi connectivity index (χ2n) is 17.3. The van der Waals surface area contributed by atoms with Crippen LogP contribution in [0.3, 0.4) is 0 Å². The maximum absolute atomic E-state index is 9.19. The number of ether oxygens (including phenoxy) is 5. The monoisotopic (exact) mass is 1360 g/mol. The number of hydrogen-bond donors (Lipinski definition) is 2. The summed E-state index contributed by atoms with van der Waals surface area (Å²) in [4.78, 5) is 10.2. The van der Waals surface area contributed by atoms with E-state index >= 15 is 0 Å². The van der Waals surface area contributed by atoms with Gasteiger partial charge >= 0.3 is 59.1 Å². The van der Waals surface area contributed by atoms with E-state index in [-0.39, 0.29) is 92.5 Å². The minimum atomic E-state index is -0.0730. The molecule has 0 bridgehead atoms. The number of rotatable bonds is 9. The first kappa shape index (κ1) is 82.8. The number of fused-ring (bicyclic) bond motifs is 3. The molecule has 1 atom stereocenters. The van der Waals surface area contributed by atoms with Crippen LogP contribution >= 0.6 is 131 Å². The molecule has 3 aliphatic rings. The molecule has 25 heteroatoms. The number of pyridine rings is 2. The molecule has 440 valence electrons. The molecule has 2 aromatic heterocycles. The van der Waals surface area contributed by atoms with Crippen LogP contribution in [0.15, 0.2) is 115 Å². The van der Waals surface area contributed by atoms with Gasteiger partial charge in [-0.1, -0.05) is 119 Å². The fourth-order valence-electron chi connectivity index (χ4n) is 8.04. The molecule has 2 heterocycles. The molecule has 0 fully saturated rings. The van der Waals surface area contributed by atoms with Crippen molar-refractivity contribution >= 4 is 164 Å². The van der Waals surface area contributed by atoms with E-state index in [2.05, 4.69) is 70.1 Å². The van der Waals surface area contributed by atoms with E-state index in [0.717, 1.165) is 47.9 Å². The second-order valence-corrected chi connectivity index (χ2v) is 23.2. The van der Waals surface area contributed by atoms with E-state index in [9.17, 15) is 5.11 Å². The molecule has 0 radical (unpaired) electrons. The summed E-state index contributed by atoms with van der Waals surface area (Å²) in [6.45, 7) is 2.00. The summed E-state index contributed by atoms with van der Waals surface area (Å²) < 4.78 is 26.4. The van der Waals surface area contributed by atoms with Crippen LogP contribution < -0.4 is 93.0 Å². The minimum absolute atomic E-state index is 0. The van der Waals surface area contributed by atoms with Crippen molar-refractivity contribution in [1.29, 1.82) is 0 Å². The number of thiocarbonyl (C=S) groups is 5. The van der Waals surface area contributed by atoms with Gasteiger partial charge in [0.1, 0.15) is 28.8 Å². The number of phenolic OH excluding ortho intramolecular Hbond substituents is 1. The van der Waals surface area contributed by atoms with Crippen molar-refractivity contribution in [2.24, 2.45) is 0 Å². The summed E-state index contributed by atoms with van der Waals surface area (Å²) in [5.74, 6) is 4.59. The third-order valence-corrected chi connectivity index (χ3v) is 13.1. The average molecular weight is 1370 g/mol. The molecule has 0 spiro atoms. The van der Waals surface area contributed by atoms with Crippen molar-refractivity contribution < 1.29 is 98.9 Å². The molecule has 0 saturated carbocycles. The maximum atomic E-state index is 9.19. The number of anilines is 2. The number of phenols is 1. The average Bonchev–Trinajstić information content (AvgIpc) is 3.45. The summed E-state index contributed by atoms with van der Waals surface area (Å²) in [6, 6.07) is 37.0. The number of methoxy groups -OCH3 is 3. The molecule has 1 unspecified atom stereocenters. The fourth-order valence-corrected chi connectivity index (χ4v) is 8.63. The van der Waals surface area contributed by atoms with Crippen LogP contribution in [-0.2, 0) is 38.5 Å². The number of hydrogen-bond acceptors (Lipinski definition) is 16. The van der Waals surface area contributed by atoms with Crippen LogP contribution in [-0.4, -0.2) is 83.0 Å². The molecule has 4 N–H and O–H groups in total. The number of nitrogens with one attached hydrogen (secondary N) is 1. The van der Waals surface area contributed by atoms with Crippen LogP contribution in [0.5, 0.6) is 34.8 Å². The first-order chi connectivity index (χ1) is 37.8. The van der Waals surface area contributed by atoms with Crippen molar-refractivity contribution in [2.45, 2.75) is 89.9 Å². The summed E-state index contributed by atoms with van der Waals surface area (Å²) in [6.07, 6.45) is 14.6. The van der Waals surface area contributed by atoms with Crippen LogP contribution in [0.25, 0.3) is 0 Å². The molecule has 0 aliphatic heterocycles. The number of aromatic hydroxyl groups is 1. The van der Waals surface area contributed by atoms with Gasteiger partial charge in [0.25, 0.3) is 4.51 Å². The first-order valence-electron chi connectivity index (χ1n) is 24.9. The summed E-state index contributed by atoms with van der Waals surface area (Å²) in [7, 11) is 8.46. The first-order valence-corrected chi connectivity index (χ1v) is 29.2. The van der Waals surface area contributed by atoms with E-state index in [0.29, 0.717) is 28.4 Å². The quantitative estimate of drug-likeness (QED) is 0.0607. The summed E-state index contributed by atoms with van der Waals surface area (Å²) >= 11 is 53.3. The van der Waals surface area contributed by atoms with Crippen molar-refractivity contribution in [2.75, 3.05) is 45.6 Å². The maximum Gasteiger partial charge on any atom is 1.00 e. The van der Waals surface area contributed by atoms with Crippen molar-refractivity contribution in [3.63, 3.8) is 0 Å². The van der Waals surface area contributed by atoms with Crippen molar-refractivity contribution in [3.05, 3.63) is 154 Å². The summed E-state index contributed by atoms with van der Waals surface area (Å²) in [5.41, 5.74) is 10.3. The molecule has 4 aromatic carbocycles. The number of nitrogens with zero attached hydrogens (tertiary/aromatic N) is 3. The third kappa shape index (κ3) is 33.6. The molecular weight excluding hydrogens is 1300 g/mol. The Hall–Kier alpha value is -2.31. The van der Waals surface area contributed by atoms with Crippen LogP contribution in [0.2, 0.25) is 0 Å². The van der Waals surface area contributed by atoms with Gasteiger partial charge < -0.3 is 50.0 Å². The SMILES string of the molecule is CNc1cccc(OC)c1.COc1cccc(C(C)C(=S)Oc2ccc3c(c2)CCCC3)n1.COc1cccc(N(C)C(=S)Cl)n1.Oc1ccc2c(c1)CCCC2.S=C(Cl)Cl.S=C(Cl)Cl.S=C(Cl)Oc1ccc2c(c1)CCCC2.[Na+].[Na+].[OH-].[OH-]. The Morgan fingerprint density at radius 1 is 0.530 bits per heavy atom. The van der Waals surface area contributed by atoms with Gasteiger partial charge in [-0.15, -0.1) is 0 Å². The predicted octanol–water partition coefficient (Wildman–Crippen LogP) is 11.2. The second kappa shape index (κ2) is 46.8. The third-order valence-electron chi connectivity index (χ3n) is 12.0. The van der Waals surface area contributed by atoms with Gasteiger partial charge in [-0.2, -0.15) is 4.98 Å². The van der Waals surface area contributed by atoms with Crippen LogP contribution in [0.4, 0.5) is 11.5 Å². The van der Waals surface area contributed by atoms with Gasteiger partial charge in [-0.3, -0.25) is 0 Å². The van der Waals surface area contributed by atoms with E-state index in [1.807, 2.05) is 92.8 Å². The van der Waals surface area contributed by atoms with Crippen molar-refractivity contribution in [3.8, 4) is 34.8 Å². The van der Waals surface area contributed by atoms with Gasteiger partial charge in [-0.05, 0) is 226 Å². The van der Waals surface area contributed by atoms with E-state index in [1.54, 1.807) is 51.5 Å². The molecule has 0 amide bonds. The summed E-state index contributed by atoms with van der Waals surface area (Å²) in [5, 5.41) is 12.7. The Bertz CT molecular complexity index is 2910. The molecule has 0 saturated heterocycles. The van der Waals surface area contributed by atoms with Crippen LogP contribution in [0.1, 0.15) is 90.4 Å². The molecule has 3 aliphatic carbocycles. The minimum Gasteiger partial charge on any atom is -0.870 e. The number of benzene rings is 4. The van der Waals surface area contributed by atoms with E-state index in [4.69, 9.17) is 118 Å². The Morgan fingerprint density at radius 3 is 1.40 bits per heavy atom. The van der Waals surface area contributed by atoms with Crippen molar-refractivity contribution in [1.82, 2.24) is 9.97 Å². The fraction of sp³-hybridized carbons (Fsp3) is 0.328. The topological polar surface area (TPSA) is 167 Å². The number of aromatic nitrogens is 2. The Balaban J connectivity index is 0. The molecule has 83 heavy (non-hydrogen) atoms. The molecular formula is C58H66Cl6N4Na2O8S5. The predicted molar refractivity (Wildman–Crippen MR) is 355 cm³/mol. The zero-order valence-corrected chi connectivity index (χ0v) is 60.2. The van der Waals surface area contributed by atoms with Gasteiger partial charge in [-0.25, -0.2) is 4.98 Å². The van der Waals surface area contributed by atoms with E-state index < -0.39 is 0 Å². The normalized spacial score (nSPS) is 11.9. The largest absolute Gasteiger partial charge is 1.00 e. The standard InChI is InChI=1S/C19H21NO2S.C11H11ClOS.C10H12O.C8H9ClN2OS.C8H11NO.2CCl2S.2Na.2H2O/c1-13(17-8-5-9-18(20-17)21-2)19(23)22-16-11-10-14-6-3-4-7-15(14)12-16;12-11(14)13-10-6-5-8-3-1-2-4-9(8)7-10;11-10-6-5-8-3-1-2-4-9(8)7-10;1-11(8(9)13)6-4-3-5-7(10-6)12-2;1-9-7-4-3-5-8(6-7)10-2;2*2-1(3)4;;;;/h5,8-13H,3-4,6-7H2,1-2H3;5-7H,1-4H2;5-7,11H,1-4H2;3-5H,1-2H3;3-6,9H,1-2H3;;;;;2*1H2/q;;;;;;;2*+1;;/p-2. The zero-order valence-electron chi connectivity index (χ0n) is 47.6. The molecule has 9 rings (SSSR count). The van der Waals surface area contributed by atoms with Gasteiger partial charge in [0.05, 0.1) is 32.9 Å². The number of halogens is 6. The van der Waals surface area contributed by atoms with Gasteiger partial charge in [0.15, 0.2) is 17.1 Å². The van der Waals surface area contributed by atoms with Gasteiger partial charge in [0.2, 0.25) is 11.8 Å². The zero-order chi connectivity index (χ0) is 58.3. The van der Waals surface area contributed by atoms with E-state index in [1.165, 1.54) is 91.2 Å². The number of aryl methyl sites for hydroxylation is 6. The van der Waals surface area contributed by atoms with Crippen LogP contribution in [0, 0.1) is 0 Å². The van der Waals surface area contributed by atoms with Gasteiger partial charge in [0, 0.05) is 38.0 Å². The molecule has 6 aromatic rings. The Kier molecular flexibility index (Phi) is 46.7. The molecule has 12 nitrogen and oxygen atoms in total.